The standard InChI is InChI=1S/C13H23N/c1-11(12-7-5-6-8-12)14-13-9-3-2-4-10-13/h3,9,11-14H,2,4-8,10H2,1H3/t11-,13?/m0/s1. The zero-order valence-electron chi connectivity index (χ0n) is 9.34. The predicted molar refractivity (Wildman–Crippen MR) is 61.3 cm³/mol. The second-order valence-corrected chi connectivity index (χ2v) is 4.97. The van der Waals surface area contributed by atoms with E-state index in [-0.39, 0.29) is 0 Å². The molecule has 1 fully saturated rings. The molecule has 0 bridgehead atoms. The Morgan fingerprint density at radius 1 is 1.14 bits per heavy atom. The monoisotopic (exact) mass is 193 g/mol. The maximum atomic E-state index is 3.77. The Bertz CT molecular complexity index is 191. The molecule has 14 heavy (non-hydrogen) atoms. The Kier molecular flexibility index (Phi) is 3.63. The highest BCUT2D eigenvalue weighted by molar-refractivity contribution is 4.98. The van der Waals surface area contributed by atoms with Gasteiger partial charge in [0.2, 0.25) is 0 Å². The van der Waals surface area contributed by atoms with Crippen LogP contribution >= 0.6 is 0 Å². The molecule has 0 heterocycles. The maximum Gasteiger partial charge on any atom is 0.0252 e. The highest BCUT2D eigenvalue weighted by Crippen LogP contribution is 2.28. The van der Waals surface area contributed by atoms with E-state index in [1.165, 1.54) is 44.9 Å². The number of rotatable bonds is 3. The van der Waals surface area contributed by atoms with Crippen molar-refractivity contribution in [2.24, 2.45) is 5.92 Å². The van der Waals surface area contributed by atoms with Crippen molar-refractivity contribution in [2.45, 2.75) is 64.0 Å². The lowest BCUT2D eigenvalue weighted by Gasteiger charge is -2.26. The molecule has 0 aromatic carbocycles. The third-order valence-electron chi connectivity index (χ3n) is 3.84. The molecule has 1 N–H and O–H groups in total. The van der Waals surface area contributed by atoms with Gasteiger partial charge in [-0.1, -0.05) is 25.0 Å². The van der Waals surface area contributed by atoms with Crippen molar-refractivity contribution in [3.8, 4) is 0 Å². The van der Waals surface area contributed by atoms with Crippen molar-refractivity contribution in [3.63, 3.8) is 0 Å². The van der Waals surface area contributed by atoms with Crippen molar-refractivity contribution in [1.82, 2.24) is 5.32 Å². The van der Waals surface area contributed by atoms with Crippen LogP contribution in [-0.2, 0) is 0 Å². The topological polar surface area (TPSA) is 12.0 Å². The first-order valence-electron chi connectivity index (χ1n) is 6.29. The Morgan fingerprint density at radius 2 is 1.93 bits per heavy atom. The first-order chi connectivity index (χ1) is 6.86. The second-order valence-electron chi connectivity index (χ2n) is 4.97. The fourth-order valence-electron chi connectivity index (χ4n) is 2.88. The van der Waals surface area contributed by atoms with Crippen LogP contribution in [0.15, 0.2) is 12.2 Å². The summed E-state index contributed by atoms with van der Waals surface area (Å²) in [6, 6.07) is 1.39. The van der Waals surface area contributed by atoms with Crippen LogP contribution in [0, 0.1) is 5.92 Å². The van der Waals surface area contributed by atoms with Crippen molar-refractivity contribution in [3.05, 3.63) is 12.2 Å². The summed E-state index contributed by atoms with van der Waals surface area (Å²) < 4.78 is 0. The van der Waals surface area contributed by atoms with Gasteiger partial charge in [0, 0.05) is 12.1 Å². The largest absolute Gasteiger partial charge is 0.308 e. The zero-order valence-corrected chi connectivity index (χ0v) is 9.34. The van der Waals surface area contributed by atoms with E-state index in [1.807, 2.05) is 0 Å². The molecule has 0 aromatic heterocycles. The molecule has 2 aliphatic rings. The lowest BCUT2D eigenvalue weighted by atomic mass is 9.96. The fraction of sp³-hybridized carbons (Fsp3) is 0.846. The van der Waals surface area contributed by atoms with Gasteiger partial charge in [-0.05, 0) is 44.9 Å². The van der Waals surface area contributed by atoms with Crippen molar-refractivity contribution in [2.75, 3.05) is 0 Å². The van der Waals surface area contributed by atoms with E-state index in [0.717, 1.165) is 12.0 Å². The molecule has 0 saturated heterocycles. The van der Waals surface area contributed by atoms with Crippen LogP contribution in [0.1, 0.15) is 51.9 Å². The smallest absolute Gasteiger partial charge is 0.0252 e. The molecule has 1 nitrogen and oxygen atoms in total. The predicted octanol–water partition coefficient (Wildman–Crippen LogP) is 3.26. The van der Waals surface area contributed by atoms with Gasteiger partial charge >= 0.3 is 0 Å². The van der Waals surface area contributed by atoms with Crippen LogP contribution in [0.5, 0.6) is 0 Å². The Morgan fingerprint density at radius 3 is 2.57 bits per heavy atom. The zero-order chi connectivity index (χ0) is 9.80. The summed E-state index contributed by atoms with van der Waals surface area (Å²) in [5, 5.41) is 3.77. The van der Waals surface area contributed by atoms with Crippen LogP contribution in [-0.4, -0.2) is 12.1 Å². The summed E-state index contributed by atoms with van der Waals surface area (Å²) in [6.45, 7) is 2.37. The molecule has 1 saturated carbocycles. The first-order valence-corrected chi connectivity index (χ1v) is 6.29. The molecule has 0 amide bonds. The third-order valence-corrected chi connectivity index (χ3v) is 3.84. The summed E-state index contributed by atoms with van der Waals surface area (Å²) in [6.07, 6.45) is 14.5. The van der Waals surface area contributed by atoms with Crippen molar-refractivity contribution < 1.29 is 0 Å². The van der Waals surface area contributed by atoms with E-state index < -0.39 is 0 Å². The molecule has 1 heteroatoms. The highest BCUT2D eigenvalue weighted by Gasteiger charge is 2.22. The lowest BCUT2D eigenvalue weighted by molar-refractivity contribution is 0.349. The Hall–Kier alpha value is -0.300. The van der Waals surface area contributed by atoms with Gasteiger partial charge in [-0.2, -0.15) is 0 Å². The molecule has 0 spiro atoms. The van der Waals surface area contributed by atoms with Crippen LogP contribution in [0.4, 0.5) is 0 Å². The summed E-state index contributed by atoms with van der Waals surface area (Å²) in [4.78, 5) is 0. The normalized spacial score (nSPS) is 30.8. The molecule has 1 unspecified atom stereocenters. The number of allylic oxidation sites excluding steroid dienone is 1. The number of hydrogen-bond donors (Lipinski definition) is 1. The van der Waals surface area contributed by atoms with E-state index in [4.69, 9.17) is 0 Å². The van der Waals surface area contributed by atoms with Crippen molar-refractivity contribution >= 4 is 0 Å². The summed E-state index contributed by atoms with van der Waals surface area (Å²) in [5.74, 6) is 0.949. The molecule has 0 radical (unpaired) electrons. The summed E-state index contributed by atoms with van der Waals surface area (Å²) >= 11 is 0. The average Bonchev–Trinajstić information content (AvgIpc) is 2.72. The van der Waals surface area contributed by atoms with Gasteiger partial charge in [-0.15, -0.1) is 0 Å². The quantitative estimate of drug-likeness (QED) is 0.678. The third kappa shape index (κ3) is 2.60. The van der Waals surface area contributed by atoms with Gasteiger partial charge < -0.3 is 5.32 Å². The molecule has 0 aromatic rings. The SMILES string of the molecule is C[C@H](NC1C=CCCC1)C1CCCC1. The van der Waals surface area contributed by atoms with E-state index in [9.17, 15) is 0 Å². The first kappa shape index (κ1) is 10.2. The minimum atomic E-state index is 0.666. The van der Waals surface area contributed by atoms with E-state index in [2.05, 4.69) is 24.4 Å². The van der Waals surface area contributed by atoms with Gasteiger partial charge in [0.25, 0.3) is 0 Å². The second kappa shape index (κ2) is 4.97. The van der Waals surface area contributed by atoms with Crippen LogP contribution in [0.2, 0.25) is 0 Å². The number of nitrogens with one attached hydrogen (secondary N) is 1. The van der Waals surface area contributed by atoms with E-state index in [1.54, 1.807) is 0 Å². The minimum Gasteiger partial charge on any atom is -0.308 e. The summed E-state index contributed by atoms with van der Waals surface area (Å²) in [7, 11) is 0. The van der Waals surface area contributed by atoms with Gasteiger partial charge in [0.15, 0.2) is 0 Å². The highest BCUT2D eigenvalue weighted by atomic mass is 14.9. The Balaban J connectivity index is 1.77. The molecule has 80 valence electrons. The maximum absolute atomic E-state index is 3.77. The molecule has 0 aliphatic heterocycles. The fourth-order valence-corrected chi connectivity index (χ4v) is 2.88. The lowest BCUT2D eigenvalue weighted by Crippen LogP contribution is -2.39. The minimum absolute atomic E-state index is 0.666. The number of hydrogen-bond acceptors (Lipinski definition) is 1. The summed E-state index contributed by atoms with van der Waals surface area (Å²) in [5.41, 5.74) is 0. The van der Waals surface area contributed by atoms with Crippen LogP contribution < -0.4 is 5.32 Å². The molecule has 2 rings (SSSR count). The van der Waals surface area contributed by atoms with Crippen LogP contribution in [0.25, 0.3) is 0 Å². The molecular formula is C13H23N. The van der Waals surface area contributed by atoms with Gasteiger partial charge in [-0.3, -0.25) is 0 Å². The van der Waals surface area contributed by atoms with Crippen molar-refractivity contribution in [1.29, 1.82) is 0 Å². The van der Waals surface area contributed by atoms with Gasteiger partial charge in [-0.25, -0.2) is 0 Å². The van der Waals surface area contributed by atoms with Gasteiger partial charge in [0.1, 0.15) is 0 Å². The average molecular weight is 193 g/mol. The van der Waals surface area contributed by atoms with E-state index >= 15 is 0 Å². The molecular weight excluding hydrogens is 170 g/mol. The van der Waals surface area contributed by atoms with E-state index in [0.29, 0.717) is 6.04 Å². The van der Waals surface area contributed by atoms with Crippen LogP contribution in [0.3, 0.4) is 0 Å². The molecule has 2 atom stereocenters. The Labute approximate surface area is 88.0 Å². The van der Waals surface area contributed by atoms with Gasteiger partial charge in [0.05, 0.1) is 0 Å². The molecule has 2 aliphatic carbocycles.